The summed E-state index contributed by atoms with van der Waals surface area (Å²) in [6.45, 7) is 3.02. The summed E-state index contributed by atoms with van der Waals surface area (Å²) in [7, 11) is 0. The number of benzene rings is 2. The minimum Gasteiger partial charge on any atom is -0.379 e. The first-order valence-electron chi connectivity index (χ1n) is 9.22. The van der Waals surface area contributed by atoms with E-state index in [0.29, 0.717) is 54.8 Å². The van der Waals surface area contributed by atoms with E-state index in [9.17, 15) is 14.7 Å². The van der Waals surface area contributed by atoms with Crippen molar-refractivity contribution in [2.75, 3.05) is 37.9 Å². The number of para-hydroxylation sites is 1. The maximum absolute atomic E-state index is 13.2. The highest BCUT2D eigenvalue weighted by Gasteiger charge is 2.51. The van der Waals surface area contributed by atoms with E-state index in [4.69, 9.17) is 16.3 Å². The van der Waals surface area contributed by atoms with E-state index in [2.05, 4.69) is 4.90 Å². The number of amides is 1. The highest BCUT2D eigenvalue weighted by molar-refractivity contribution is 6.30. The van der Waals surface area contributed by atoms with Gasteiger partial charge in [-0.3, -0.25) is 19.4 Å². The van der Waals surface area contributed by atoms with Gasteiger partial charge in [-0.1, -0.05) is 29.8 Å². The summed E-state index contributed by atoms with van der Waals surface area (Å²) < 4.78 is 5.36. The molecule has 0 bridgehead atoms. The van der Waals surface area contributed by atoms with Crippen molar-refractivity contribution in [3.63, 3.8) is 0 Å². The van der Waals surface area contributed by atoms with Crippen LogP contribution in [0.5, 0.6) is 0 Å². The number of hydrogen-bond acceptors (Lipinski definition) is 5. The van der Waals surface area contributed by atoms with Crippen LogP contribution in [0.25, 0.3) is 0 Å². The highest BCUT2D eigenvalue weighted by Crippen LogP contribution is 2.42. The van der Waals surface area contributed by atoms with Crippen molar-refractivity contribution in [3.05, 3.63) is 64.7 Å². The molecule has 28 heavy (non-hydrogen) atoms. The number of anilines is 1. The molecule has 0 saturated carbocycles. The molecule has 0 spiro atoms. The predicted molar refractivity (Wildman–Crippen MR) is 105 cm³/mol. The fourth-order valence-corrected chi connectivity index (χ4v) is 3.86. The predicted octanol–water partition coefficient (Wildman–Crippen LogP) is 2.44. The number of hydrogen-bond donors (Lipinski definition) is 1. The first-order chi connectivity index (χ1) is 13.5. The van der Waals surface area contributed by atoms with Gasteiger partial charge in [0.25, 0.3) is 5.91 Å². The van der Waals surface area contributed by atoms with Gasteiger partial charge in [-0.15, -0.1) is 0 Å². The Labute approximate surface area is 168 Å². The number of rotatable bonds is 5. The molecule has 6 nitrogen and oxygen atoms in total. The lowest BCUT2D eigenvalue weighted by molar-refractivity contribution is -0.136. The van der Waals surface area contributed by atoms with E-state index in [-0.39, 0.29) is 12.2 Å². The van der Waals surface area contributed by atoms with Crippen LogP contribution in [0.4, 0.5) is 5.69 Å². The number of carbonyl (C=O) groups excluding carboxylic acids is 2. The minimum atomic E-state index is -1.88. The van der Waals surface area contributed by atoms with Crippen LogP contribution in [-0.4, -0.2) is 54.7 Å². The van der Waals surface area contributed by atoms with E-state index < -0.39 is 11.5 Å². The van der Waals surface area contributed by atoms with Gasteiger partial charge in [0.15, 0.2) is 11.4 Å². The van der Waals surface area contributed by atoms with E-state index >= 15 is 0 Å². The van der Waals surface area contributed by atoms with Gasteiger partial charge in [-0.2, -0.15) is 0 Å². The topological polar surface area (TPSA) is 70.1 Å². The number of ether oxygens (including phenoxy) is 1. The van der Waals surface area contributed by atoms with Gasteiger partial charge >= 0.3 is 0 Å². The summed E-state index contributed by atoms with van der Waals surface area (Å²) in [5.74, 6) is -0.780. The van der Waals surface area contributed by atoms with Crippen LogP contribution in [0, 0.1) is 0 Å². The molecule has 1 fully saturated rings. The first-order valence-corrected chi connectivity index (χ1v) is 9.59. The Morgan fingerprint density at radius 1 is 1.11 bits per heavy atom. The minimum absolute atomic E-state index is 0.310. The highest BCUT2D eigenvalue weighted by atomic mass is 35.5. The SMILES string of the molecule is O=C(CC1(O)C(=O)N(CN2CCOCC2)c2ccccc21)c1ccc(Cl)cc1. The Morgan fingerprint density at radius 2 is 1.79 bits per heavy atom. The third-order valence-electron chi connectivity index (χ3n) is 5.27. The molecule has 146 valence electrons. The van der Waals surface area contributed by atoms with Crippen LogP contribution < -0.4 is 4.90 Å². The van der Waals surface area contributed by atoms with E-state index in [1.165, 1.54) is 0 Å². The molecule has 7 heteroatoms. The van der Waals surface area contributed by atoms with E-state index in [1.807, 2.05) is 6.07 Å². The number of halogens is 1. The maximum Gasteiger partial charge on any atom is 0.265 e. The van der Waals surface area contributed by atoms with Crippen molar-refractivity contribution in [2.24, 2.45) is 0 Å². The first kappa shape index (κ1) is 19.1. The van der Waals surface area contributed by atoms with E-state index in [0.717, 1.165) is 0 Å². The van der Waals surface area contributed by atoms with Crippen molar-refractivity contribution in [2.45, 2.75) is 12.0 Å². The molecule has 1 amide bonds. The standard InChI is InChI=1S/C21H21ClN2O4/c22-16-7-5-15(6-8-16)19(25)13-21(27)17-3-1-2-4-18(17)24(20(21)26)14-23-9-11-28-12-10-23/h1-8,27H,9-14H2. The summed E-state index contributed by atoms with van der Waals surface area (Å²) in [5.41, 5.74) is -0.352. The Hall–Kier alpha value is -2.25. The summed E-state index contributed by atoms with van der Waals surface area (Å²) in [5, 5.41) is 11.8. The Balaban J connectivity index is 1.61. The fraction of sp³-hybridized carbons (Fsp3) is 0.333. The zero-order valence-corrected chi connectivity index (χ0v) is 16.1. The number of ketones is 1. The molecule has 0 aliphatic carbocycles. The van der Waals surface area contributed by atoms with Crippen LogP contribution in [0.15, 0.2) is 48.5 Å². The molecule has 2 aromatic rings. The van der Waals surface area contributed by atoms with Gasteiger partial charge in [-0.05, 0) is 30.3 Å². The zero-order valence-electron chi connectivity index (χ0n) is 15.3. The van der Waals surface area contributed by atoms with Gasteiger partial charge in [-0.25, -0.2) is 0 Å². The largest absolute Gasteiger partial charge is 0.379 e. The average molecular weight is 401 g/mol. The molecule has 1 N–H and O–H groups in total. The molecule has 0 aromatic heterocycles. The van der Waals surface area contributed by atoms with Gasteiger partial charge in [0, 0.05) is 29.2 Å². The second kappa shape index (κ2) is 7.64. The van der Waals surface area contributed by atoms with Crippen molar-refractivity contribution in [1.29, 1.82) is 0 Å². The molecule has 2 aliphatic heterocycles. The Kier molecular flexibility index (Phi) is 5.21. The van der Waals surface area contributed by atoms with Gasteiger partial charge < -0.3 is 9.84 Å². The van der Waals surface area contributed by atoms with Gasteiger partial charge in [0.05, 0.1) is 32.0 Å². The molecule has 4 rings (SSSR count). The molecule has 1 unspecified atom stereocenters. The number of nitrogens with zero attached hydrogens (tertiary/aromatic N) is 2. The van der Waals surface area contributed by atoms with E-state index in [1.54, 1.807) is 47.4 Å². The molecular formula is C21H21ClN2O4. The summed E-state index contributed by atoms with van der Waals surface area (Å²) >= 11 is 5.88. The van der Waals surface area contributed by atoms with Crippen molar-refractivity contribution < 1.29 is 19.4 Å². The van der Waals surface area contributed by atoms with Crippen LogP contribution in [0.2, 0.25) is 5.02 Å². The fourth-order valence-electron chi connectivity index (χ4n) is 3.73. The third kappa shape index (κ3) is 3.44. The number of fused-ring (bicyclic) bond motifs is 1. The van der Waals surface area contributed by atoms with Crippen molar-refractivity contribution >= 4 is 29.0 Å². The number of morpholine rings is 1. The quantitative estimate of drug-likeness (QED) is 0.780. The number of aliphatic hydroxyl groups is 1. The normalized spacial score (nSPS) is 22.4. The molecule has 0 radical (unpaired) electrons. The lowest BCUT2D eigenvalue weighted by atomic mass is 9.88. The molecule has 1 atom stereocenters. The van der Waals surface area contributed by atoms with Crippen LogP contribution in [0.3, 0.4) is 0 Å². The van der Waals surface area contributed by atoms with Crippen molar-refractivity contribution in [3.8, 4) is 0 Å². The number of Topliss-reactive ketones (excluding diaryl/α,β-unsaturated/α-hetero) is 1. The van der Waals surface area contributed by atoms with Crippen LogP contribution >= 0.6 is 11.6 Å². The van der Waals surface area contributed by atoms with Gasteiger partial charge in [0.1, 0.15) is 0 Å². The second-order valence-electron chi connectivity index (χ2n) is 7.09. The lowest BCUT2D eigenvalue weighted by Gasteiger charge is -2.31. The third-order valence-corrected chi connectivity index (χ3v) is 5.52. The lowest BCUT2D eigenvalue weighted by Crippen LogP contribution is -2.49. The molecule has 2 heterocycles. The Morgan fingerprint density at radius 3 is 2.50 bits per heavy atom. The molecule has 1 saturated heterocycles. The van der Waals surface area contributed by atoms with Crippen molar-refractivity contribution in [1.82, 2.24) is 4.90 Å². The monoisotopic (exact) mass is 400 g/mol. The molecule has 2 aliphatic rings. The zero-order chi connectivity index (χ0) is 19.7. The summed E-state index contributed by atoms with van der Waals surface area (Å²) in [6, 6.07) is 13.5. The number of carbonyl (C=O) groups is 2. The molecule has 2 aromatic carbocycles. The smallest absolute Gasteiger partial charge is 0.265 e. The maximum atomic E-state index is 13.2. The molecular weight excluding hydrogens is 380 g/mol. The van der Waals surface area contributed by atoms with Gasteiger partial charge in [0.2, 0.25) is 0 Å². The average Bonchev–Trinajstić information content (AvgIpc) is 2.91. The Bertz CT molecular complexity index is 896. The summed E-state index contributed by atoms with van der Waals surface area (Å²) in [6.07, 6.45) is -0.315. The van der Waals surface area contributed by atoms with Crippen LogP contribution in [0.1, 0.15) is 22.3 Å². The van der Waals surface area contributed by atoms with Crippen LogP contribution in [-0.2, 0) is 15.1 Å². The second-order valence-corrected chi connectivity index (χ2v) is 7.53. The summed E-state index contributed by atoms with van der Waals surface area (Å²) in [4.78, 5) is 29.7.